The first kappa shape index (κ1) is 27.4. The van der Waals surface area contributed by atoms with Crippen LogP contribution in [0, 0.1) is 6.92 Å². The van der Waals surface area contributed by atoms with E-state index >= 15 is 0 Å². The summed E-state index contributed by atoms with van der Waals surface area (Å²) >= 11 is 7.72. The van der Waals surface area contributed by atoms with Crippen molar-refractivity contribution in [3.63, 3.8) is 0 Å². The number of carbonyl (C=O) groups excluding carboxylic acids is 1. The number of sulfone groups is 1. The molecule has 35 heavy (non-hydrogen) atoms. The van der Waals surface area contributed by atoms with Gasteiger partial charge >= 0.3 is 0 Å². The molecule has 0 atom stereocenters. The lowest BCUT2D eigenvalue weighted by atomic mass is 10.2. The number of thiazole rings is 1. The minimum absolute atomic E-state index is 0.108. The average Bonchev–Trinajstić information content (AvgIpc) is 3.28. The number of hydrogen-bond acceptors (Lipinski definition) is 7. The third-order valence-corrected chi connectivity index (χ3v) is 9.29. The van der Waals surface area contributed by atoms with E-state index in [9.17, 15) is 13.2 Å². The molecule has 0 saturated heterocycles. The van der Waals surface area contributed by atoms with Crippen molar-refractivity contribution in [2.45, 2.75) is 38.5 Å². The zero-order chi connectivity index (χ0) is 25.6. The number of fused-ring (bicyclic) bond motifs is 1. The van der Waals surface area contributed by atoms with E-state index in [1.165, 1.54) is 30.6 Å². The Labute approximate surface area is 216 Å². The third-order valence-electron chi connectivity index (χ3n) is 6.03. The molecule has 0 aliphatic carbocycles. The highest BCUT2D eigenvalue weighted by Gasteiger charge is 2.22. The first-order valence-corrected chi connectivity index (χ1v) is 14.5. The summed E-state index contributed by atoms with van der Waals surface area (Å²) in [5.74, 6) is 0.351. The molecule has 3 aromatic rings. The SMILES string of the molecule is CCN(CC)CCN(C(=O)CCCS(=O)(=O)c1ccc(OC)cc1)c1nc2c(C)c(Cl)ccc2s1. The van der Waals surface area contributed by atoms with Gasteiger partial charge in [-0.3, -0.25) is 9.69 Å². The molecule has 0 aliphatic rings. The lowest BCUT2D eigenvalue weighted by Crippen LogP contribution is -2.38. The highest BCUT2D eigenvalue weighted by atomic mass is 35.5. The van der Waals surface area contributed by atoms with Crippen LogP contribution in [0.1, 0.15) is 32.3 Å². The second kappa shape index (κ2) is 12.2. The second-order valence-electron chi connectivity index (χ2n) is 8.19. The molecule has 0 aliphatic heterocycles. The van der Waals surface area contributed by atoms with E-state index < -0.39 is 9.84 Å². The molecule has 7 nitrogen and oxygen atoms in total. The number of nitrogens with zero attached hydrogens (tertiary/aromatic N) is 3. The Balaban J connectivity index is 1.75. The average molecular weight is 538 g/mol. The Hall–Kier alpha value is -2.20. The smallest absolute Gasteiger partial charge is 0.228 e. The van der Waals surface area contributed by atoms with Crippen LogP contribution in [0.5, 0.6) is 5.75 Å². The van der Waals surface area contributed by atoms with E-state index in [1.54, 1.807) is 17.0 Å². The first-order chi connectivity index (χ1) is 16.7. The number of aromatic nitrogens is 1. The van der Waals surface area contributed by atoms with Crippen LogP contribution >= 0.6 is 22.9 Å². The Morgan fingerprint density at radius 2 is 1.77 bits per heavy atom. The van der Waals surface area contributed by atoms with Crippen molar-refractivity contribution in [3.05, 3.63) is 47.0 Å². The molecule has 1 heterocycles. The normalized spacial score (nSPS) is 11.8. The number of aryl methyl sites for hydroxylation is 1. The maximum Gasteiger partial charge on any atom is 0.228 e. The zero-order valence-corrected chi connectivity index (χ0v) is 23.0. The lowest BCUT2D eigenvalue weighted by Gasteiger charge is -2.24. The van der Waals surface area contributed by atoms with Gasteiger partial charge in [0.1, 0.15) is 5.75 Å². The molecule has 190 valence electrons. The molecule has 0 bridgehead atoms. The van der Waals surface area contributed by atoms with Gasteiger partial charge in [-0.25, -0.2) is 13.4 Å². The first-order valence-electron chi connectivity index (χ1n) is 11.6. The fourth-order valence-corrected chi connectivity index (χ4v) is 6.29. The number of halogens is 1. The molecule has 0 radical (unpaired) electrons. The Bertz CT molecular complexity index is 1260. The third kappa shape index (κ3) is 6.73. The topological polar surface area (TPSA) is 79.8 Å². The van der Waals surface area contributed by atoms with Gasteiger partial charge in [-0.05, 0) is 68.4 Å². The van der Waals surface area contributed by atoms with Gasteiger partial charge in [0.25, 0.3) is 0 Å². The van der Waals surface area contributed by atoms with Crippen molar-refractivity contribution in [1.82, 2.24) is 9.88 Å². The fraction of sp³-hybridized carbons (Fsp3) is 0.440. The number of ether oxygens (including phenoxy) is 1. The molecule has 0 spiro atoms. The standard InChI is InChI=1S/C25H32ClN3O4S2/c1-5-28(6-2)15-16-29(25-27-24-18(3)21(26)13-14-22(24)34-25)23(30)8-7-17-35(31,32)20-11-9-19(33-4)10-12-20/h9-14H,5-8,15-17H2,1-4H3. The summed E-state index contributed by atoms with van der Waals surface area (Å²) in [6, 6.07) is 10.1. The minimum Gasteiger partial charge on any atom is -0.497 e. The van der Waals surface area contributed by atoms with Gasteiger partial charge in [0.05, 0.1) is 28.0 Å². The number of benzene rings is 2. The van der Waals surface area contributed by atoms with E-state index in [2.05, 4.69) is 18.7 Å². The van der Waals surface area contributed by atoms with Crippen molar-refractivity contribution < 1.29 is 17.9 Å². The molecule has 0 fully saturated rings. The van der Waals surface area contributed by atoms with Crippen LogP contribution in [0.2, 0.25) is 5.02 Å². The van der Waals surface area contributed by atoms with Gasteiger partial charge in [-0.2, -0.15) is 0 Å². The van der Waals surface area contributed by atoms with E-state index in [4.69, 9.17) is 21.3 Å². The highest BCUT2D eigenvalue weighted by molar-refractivity contribution is 7.91. The van der Waals surface area contributed by atoms with Crippen LogP contribution in [-0.2, 0) is 14.6 Å². The fourth-order valence-electron chi connectivity index (χ4n) is 3.76. The molecular formula is C25H32ClN3O4S2. The van der Waals surface area contributed by atoms with E-state index in [1.807, 2.05) is 19.1 Å². The molecule has 1 amide bonds. The Morgan fingerprint density at radius 3 is 2.40 bits per heavy atom. The summed E-state index contributed by atoms with van der Waals surface area (Å²) in [5.41, 5.74) is 1.67. The van der Waals surface area contributed by atoms with Crippen LogP contribution in [0.25, 0.3) is 10.2 Å². The molecule has 0 saturated carbocycles. The predicted octanol–water partition coefficient (Wildman–Crippen LogP) is 5.20. The maximum absolute atomic E-state index is 13.3. The van der Waals surface area contributed by atoms with Gasteiger partial charge in [0, 0.05) is 24.5 Å². The van der Waals surface area contributed by atoms with Crippen LogP contribution < -0.4 is 9.64 Å². The number of hydrogen-bond donors (Lipinski definition) is 0. The number of amides is 1. The molecular weight excluding hydrogens is 506 g/mol. The van der Waals surface area contributed by atoms with Gasteiger partial charge in [-0.1, -0.05) is 36.8 Å². The van der Waals surface area contributed by atoms with Crippen molar-refractivity contribution >= 4 is 54.0 Å². The van der Waals surface area contributed by atoms with Gasteiger partial charge in [-0.15, -0.1) is 0 Å². The van der Waals surface area contributed by atoms with Crippen molar-refractivity contribution in [1.29, 1.82) is 0 Å². The van der Waals surface area contributed by atoms with E-state index in [-0.39, 0.29) is 29.4 Å². The monoisotopic (exact) mass is 537 g/mol. The van der Waals surface area contributed by atoms with Crippen molar-refractivity contribution in [2.75, 3.05) is 43.9 Å². The largest absolute Gasteiger partial charge is 0.497 e. The van der Waals surface area contributed by atoms with Crippen LogP contribution in [0.3, 0.4) is 0 Å². The van der Waals surface area contributed by atoms with Gasteiger partial charge < -0.3 is 9.64 Å². The summed E-state index contributed by atoms with van der Waals surface area (Å²) in [5, 5.41) is 1.25. The van der Waals surface area contributed by atoms with Crippen molar-refractivity contribution in [3.8, 4) is 5.75 Å². The molecule has 10 heteroatoms. The summed E-state index contributed by atoms with van der Waals surface area (Å²) in [6.07, 6.45) is 0.341. The van der Waals surface area contributed by atoms with Crippen LogP contribution in [-0.4, -0.2) is 63.3 Å². The number of carbonyl (C=O) groups is 1. The zero-order valence-electron chi connectivity index (χ0n) is 20.6. The molecule has 3 rings (SSSR count). The second-order valence-corrected chi connectivity index (χ2v) is 11.7. The van der Waals surface area contributed by atoms with Crippen LogP contribution in [0.4, 0.5) is 5.13 Å². The molecule has 0 unspecified atom stereocenters. The minimum atomic E-state index is -3.50. The Kier molecular flexibility index (Phi) is 9.52. The quantitative estimate of drug-likeness (QED) is 0.316. The summed E-state index contributed by atoms with van der Waals surface area (Å²) in [4.78, 5) is 22.2. The summed E-state index contributed by atoms with van der Waals surface area (Å²) < 4.78 is 31.5. The van der Waals surface area contributed by atoms with E-state index in [0.717, 1.165) is 28.9 Å². The van der Waals surface area contributed by atoms with Gasteiger partial charge in [0.15, 0.2) is 15.0 Å². The molecule has 1 aromatic heterocycles. The number of anilines is 1. The molecule has 2 aromatic carbocycles. The summed E-state index contributed by atoms with van der Waals surface area (Å²) in [7, 11) is -1.97. The maximum atomic E-state index is 13.3. The summed E-state index contributed by atoms with van der Waals surface area (Å²) in [6.45, 7) is 9.04. The van der Waals surface area contributed by atoms with Crippen molar-refractivity contribution in [2.24, 2.45) is 0 Å². The predicted molar refractivity (Wildman–Crippen MR) is 144 cm³/mol. The van der Waals surface area contributed by atoms with E-state index in [0.29, 0.717) is 29.0 Å². The number of rotatable bonds is 12. The van der Waals surface area contributed by atoms with Crippen LogP contribution in [0.15, 0.2) is 41.3 Å². The molecule has 0 N–H and O–H groups in total. The Morgan fingerprint density at radius 1 is 1.09 bits per heavy atom. The number of likely N-dealkylation sites (N-methyl/N-ethyl adjacent to an activating group) is 1. The van der Waals surface area contributed by atoms with Gasteiger partial charge in [0.2, 0.25) is 5.91 Å². The lowest BCUT2D eigenvalue weighted by molar-refractivity contribution is -0.118. The number of methoxy groups -OCH3 is 1. The highest BCUT2D eigenvalue weighted by Crippen LogP contribution is 2.34.